The summed E-state index contributed by atoms with van der Waals surface area (Å²) in [5, 5.41) is 18.1. The minimum Gasteiger partial charge on any atom is -0.309 e. The molecule has 2 aromatic carbocycles. The van der Waals surface area contributed by atoms with Gasteiger partial charge in [-0.2, -0.15) is 14.8 Å². The minimum atomic E-state index is -3.96. The number of nitriles is 2. The molecule has 1 amide bonds. The Balaban J connectivity index is 1.90. The largest absolute Gasteiger partial charge is 0.309 e. The van der Waals surface area contributed by atoms with Crippen LogP contribution in [0.15, 0.2) is 47.4 Å². The summed E-state index contributed by atoms with van der Waals surface area (Å²) >= 11 is 1.21. The van der Waals surface area contributed by atoms with Gasteiger partial charge in [-0.25, -0.2) is 17.8 Å². The van der Waals surface area contributed by atoms with Crippen LogP contribution in [0.4, 0.5) is 9.52 Å². The first-order valence-corrected chi connectivity index (χ1v) is 13.8. The standard InChI is InChI=1S/C25H27FN6O3S2/c1-30(2)15-6-18-32(25-29-23-21(26)7-3-8-22(23)36-25)24(33)19-9-11-20(12-10-19)37(34,35)31(16-4-13-27)17-5-14-28/h3,7-12H,4-6,15-18H2,1-2H3. The van der Waals surface area contributed by atoms with Crippen LogP contribution in [0.5, 0.6) is 0 Å². The zero-order chi connectivity index (χ0) is 27.0. The Bertz CT molecular complexity index is 1410. The number of carbonyl (C=O) groups is 1. The molecule has 0 aliphatic heterocycles. The van der Waals surface area contributed by atoms with Gasteiger partial charge in [-0.1, -0.05) is 17.4 Å². The van der Waals surface area contributed by atoms with Crippen LogP contribution in [-0.4, -0.2) is 68.8 Å². The molecule has 0 bridgehead atoms. The average molecular weight is 543 g/mol. The van der Waals surface area contributed by atoms with Crippen LogP contribution in [0.25, 0.3) is 10.2 Å². The first-order chi connectivity index (χ1) is 17.7. The molecule has 194 valence electrons. The van der Waals surface area contributed by atoms with Crippen molar-refractivity contribution in [2.75, 3.05) is 45.2 Å². The lowest BCUT2D eigenvalue weighted by molar-refractivity contribution is 0.0986. The summed E-state index contributed by atoms with van der Waals surface area (Å²) in [5.41, 5.74) is 0.452. The summed E-state index contributed by atoms with van der Waals surface area (Å²) in [6.07, 6.45) is 0.633. The fourth-order valence-corrected chi connectivity index (χ4v) is 6.07. The zero-order valence-electron chi connectivity index (χ0n) is 20.6. The number of hydrogen-bond donors (Lipinski definition) is 0. The van der Waals surface area contributed by atoms with E-state index in [0.29, 0.717) is 22.8 Å². The second-order valence-corrected chi connectivity index (χ2v) is 11.4. The van der Waals surface area contributed by atoms with Gasteiger partial charge >= 0.3 is 0 Å². The molecule has 0 saturated heterocycles. The van der Waals surface area contributed by atoms with E-state index in [9.17, 15) is 17.6 Å². The number of nitrogens with zero attached hydrogens (tertiary/aromatic N) is 6. The number of halogens is 1. The third-order valence-corrected chi connectivity index (χ3v) is 8.46. The van der Waals surface area contributed by atoms with Crippen LogP contribution in [0.1, 0.15) is 29.6 Å². The number of amides is 1. The summed E-state index contributed by atoms with van der Waals surface area (Å²) < 4.78 is 42.1. The molecule has 3 rings (SSSR count). The zero-order valence-corrected chi connectivity index (χ0v) is 22.2. The maximum Gasteiger partial charge on any atom is 0.260 e. The number of sulfonamides is 1. The van der Waals surface area contributed by atoms with Gasteiger partial charge in [0.2, 0.25) is 10.0 Å². The molecule has 9 nitrogen and oxygen atoms in total. The van der Waals surface area contributed by atoms with E-state index in [2.05, 4.69) is 4.98 Å². The second kappa shape index (κ2) is 12.7. The van der Waals surface area contributed by atoms with Gasteiger partial charge in [0.05, 0.1) is 21.7 Å². The van der Waals surface area contributed by atoms with E-state index in [0.717, 1.165) is 10.8 Å². The highest BCUT2D eigenvalue weighted by Crippen LogP contribution is 2.31. The lowest BCUT2D eigenvalue weighted by Crippen LogP contribution is -2.34. The highest BCUT2D eigenvalue weighted by atomic mass is 32.2. The first-order valence-electron chi connectivity index (χ1n) is 11.5. The van der Waals surface area contributed by atoms with E-state index in [-0.39, 0.29) is 47.8 Å². The Morgan fingerprint density at radius 1 is 1.00 bits per heavy atom. The Hall–Kier alpha value is -3.42. The molecule has 0 fully saturated rings. The Morgan fingerprint density at radius 2 is 1.65 bits per heavy atom. The van der Waals surface area contributed by atoms with Gasteiger partial charge in [0.25, 0.3) is 5.91 Å². The van der Waals surface area contributed by atoms with Gasteiger partial charge < -0.3 is 4.90 Å². The average Bonchev–Trinajstić information content (AvgIpc) is 3.31. The fourth-order valence-electron chi connectivity index (χ4n) is 3.62. The van der Waals surface area contributed by atoms with Crippen molar-refractivity contribution in [2.24, 2.45) is 0 Å². The lowest BCUT2D eigenvalue weighted by atomic mass is 10.2. The Morgan fingerprint density at radius 3 is 2.22 bits per heavy atom. The number of carbonyl (C=O) groups excluding carboxylic acids is 1. The van der Waals surface area contributed by atoms with Crippen LogP contribution < -0.4 is 4.90 Å². The molecule has 0 aliphatic rings. The second-order valence-electron chi connectivity index (χ2n) is 8.44. The molecular formula is C25H27FN6O3S2. The van der Waals surface area contributed by atoms with Crippen molar-refractivity contribution in [3.63, 3.8) is 0 Å². The van der Waals surface area contributed by atoms with Crippen molar-refractivity contribution in [2.45, 2.75) is 24.2 Å². The molecule has 1 aromatic heterocycles. The molecule has 37 heavy (non-hydrogen) atoms. The van der Waals surface area contributed by atoms with Crippen molar-refractivity contribution < 1.29 is 17.6 Å². The van der Waals surface area contributed by atoms with E-state index in [1.807, 2.05) is 31.1 Å². The van der Waals surface area contributed by atoms with Gasteiger partial charge in [-0.15, -0.1) is 0 Å². The minimum absolute atomic E-state index is 0.00804. The van der Waals surface area contributed by atoms with E-state index in [1.165, 1.54) is 46.6 Å². The number of rotatable bonds is 12. The molecule has 0 aliphatic carbocycles. The van der Waals surface area contributed by atoms with Crippen LogP contribution in [0.3, 0.4) is 0 Å². The number of para-hydroxylation sites is 1. The lowest BCUT2D eigenvalue weighted by Gasteiger charge is -2.22. The SMILES string of the molecule is CN(C)CCCN(C(=O)c1ccc(S(=O)(=O)N(CCC#N)CCC#N)cc1)c1nc2c(F)cccc2s1. The number of hydrogen-bond acceptors (Lipinski definition) is 8. The Labute approximate surface area is 220 Å². The van der Waals surface area contributed by atoms with Gasteiger partial charge in [0.1, 0.15) is 11.3 Å². The van der Waals surface area contributed by atoms with Crippen molar-refractivity contribution in [3.8, 4) is 12.1 Å². The summed E-state index contributed by atoms with van der Waals surface area (Å²) in [7, 11) is -0.106. The Kier molecular flexibility index (Phi) is 9.66. The first kappa shape index (κ1) is 28.2. The summed E-state index contributed by atoms with van der Waals surface area (Å²) in [4.78, 5) is 21.3. The molecular weight excluding hydrogens is 515 g/mol. The number of fused-ring (bicyclic) bond motifs is 1. The van der Waals surface area contributed by atoms with Crippen LogP contribution in [0.2, 0.25) is 0 Å². The highest BCUT2D eigenvalue weighted by Gasteiger charge is 2.26. The van der Waals surface area contributed by atoms with Crippen molar-refractivity contribution >= 4 is 42.6 Å². The summed E-state index contributed by atoms with van der Waals surface area (Å²) in [6.45, 7) is 1.00. The van der Waals surface area contributed by atoms with Crippen LogP contribution in [0, 0.1) is 28.5 Å². The molecule has 3 aromatic rings. The summed E-state index contributed by atoms with van der Waals surface area (Å²) in [6, 6.07) is 14.0. The highest BCUT2D eigenvalue weighted by molar-refractivity contribution is 7.89. The van der Waals surface area contributed by atoms with E-state index < -0.39 is 15.8 Å². The normalized spacial score (nSPS) is 11.5. The molecule has 12 heteroatoms. The summed E-state index contributed by atoms with van der Waals surface area (Å²) in [5.74, 6) is -0.847. The van der Waals surface area contributed by atoms with Gasteiger partial charge in [-0.3, -0.25) is 9.69 Å². The fraction of sp³-hybridized carbons (Fsp3) is 0.360. The molecule has 1 heterocycles. The van der Waals surface area contributed by atoms with Crippen molar-refractivity contribution in [1.82, 2.24) is 14.2 Å². The molecule has 0 saturated carbocycles. The van der Waals surface area contributed by atoms with Crippen LogP contribution >= 0.6 is 11.3 Å². The van der Waals surface area contributed by atoms with E-state index in [4.69, 9.17) is 10.5 Å². The van der Waals surface area contributed by atoms with Crippen LogP contribution in [-0.2, 0) is 10.0 Å². The molecule has 0 spiro atoms. The maximum atomic E-state index is 14.3. The van der Waals surface area contributed by atoms with Gasteiger partial charge in [0, 0.05) is 38.0 Å². The monoisotopic (exact) mass is 542 g/mol. The van der Waals surface area contributed by atoms with Crippen molar-refractivity contribution in [3.05, 3.63) is 53.8 Å². The van der Waals surface area contributed by atoms with E-state index in [1.54, 1.807) is 12.1 Å². The number of thiazole rings is 1. The third-order valence-electron chi connectivity index (χ3n) is 5.51. The topological polar surface area (TPSA) is 121 Å². The quantitative estimate of drug-likeness (QED) is 0.341. The number of aromatic nitrogens is 1. The molecule has 0 atom stereocenters. The van der Waals surface area contributed by atoms with Crippen molar-refractivity contribution in [1.29, 1.82) is 10.5 Å². The number of benzene rings is 2. The molecule has 0 radical (unpaired) electrons. The predicted octanol–water partition coefficient (Wildman–Crippen LogP) is 3.85. The van der Waals surface area contributed by atoms with E-state index >= 15 is 0 Å². The number of anilines is 1. The molecule has 0 unspecified atom stereocenters. The third kappa shape index (κ3) is 6.87. The molecule has 0 N–H and O–H groups in total. The smallest absolute Gasteiger partial charge is 0.260 e. The predicted molar refractivity (Wildman–Crippen MR) is 140 cm³/mol. The van der Waals surface area contributed by atoms with Gasteiger partial charge in [0.15, 0.2) is 5.13 Å². The maximum absolute atomic E-state index is 14.3. The van der Waals surface area contributed by atoms with Gasteiger partial charge in [-0.05, 0) is 63.5 Å².